The summed E-state index contributed by atoms with van der Waals surface area (Å²) in [4.78, 5) is 7.62. The molecule has 0 spiro atoms. The standard InChI is InChI=1S/C12H19ClN2O2/c1-5-9(2)17-11-6-10(14-8-15-11)16-7-12(3,4)13/h6,8-9H,5,7H2,1-4H3. The van der Waals surface area contributed by atoms with E-state index in [1.807, 2.05) is 20.8 Å². The molecular formula is C12H19ClN2O2. The van der Waals surface area contributed by atoms with E-state index in [0.29, 0.717) is 18.4 Å². The fraction of sp³-hybridized carbons (Fsp3) is 0.667. The van der Waals surface area contributed by atoms with Crippen molar-refractivity contribution in [3.8, 4) is 11.8 Å². The minimum atomic E-state index is -0.414. The Labute approximate surface area is 107 Å². The molecule has 17 heavy (non-hydrogen) atoms. The van der Waals surface area contributed by atoms with Gasteiger partial charge in [-0.05, 0) is 27.2 Å². The summed E-state index contributed by atoms with van der Waals surface area (Å²) in [5.41, 5.74) is 0. The van der Waals surface area contributed by atoms with Gasteiger partial charge in [0.25, 0.3) is 0 Å². The summed E-state index contributed by atoms with van der Waals surface area (Å²) in [5, 5.41) is 0. The van der Waals surface area contributed by atoms with Gasteiger partial charge in [0.15, 0.2) is 0 Å². The highest BCUT2D eigenvalue weighted by molar-refractivity contribution is 6.23. The van der Waals surface area contributed by atoms with Crippen LogP contribution in [0, 0.1) is 0 Å². The van der Waals surface area contributed by atoms with Crippen molar-refractivity contribution in [3.05, 3.63) is 12.4 Å². The van der Waals surface area contributed by atoms with Gasteiger partial charge in [0.05, 0.1) is 17.0 Å². The zero-order chi connectivity index (χ0) is 12.9. The molecule has 1 heterocycles. The summed E-state index contributed by atoms with van der Waals surface area (Å²) in [5.74, 6) is 1.00. The molecule has 96 valence electrons. The van der Waals surface area contributed by atoms with Crippen LogP contribution in [0.4, 0.5) is 0 Å². The second-order valence-corrected chi connectivity index (χ2v) is 5.56. The molecule has 1 rings (SSSR count). The molecule has 5 heteroatoms. The molecular weight excluding hydrogens is 240 g/mol. The number of halogens is 1. The maximum absolute atomic E-state index is 6.03. The van der Waals surface area contributed by atoms with Crippen LogP contribution in [0.5, 0.6) is 11.8 Å². The Morgan fingerprint density at radius 2 is 2.00 bits per heavy atom. The molecule has 0 fully saturated rings. The van der Waals surface area contributed by atoms with Crippen LogP contribution in [0.3, 0.4) is 0 Å². The van der Waals surface area contributed by atoms with E-state index in [1.165, 1.54) is 6.33 Å². The van der Waals surface area contributed by atoms with Crippen LogP contribution < -0.4 is 9.47 Å². The molecule has 0 aliphatic heterocycles. The largest absolute Gasteiger partial charge is 0.476 e. The van der Waals surface area contributed by atoms with Gasteiger partial charge in [-0.3, -0.25) is 0 Å². The van der Waals surface area contributed by atoms with E-state index < -0.39 is 4.87 Å². The van der Waals surface area contributed by atoms with Crippen molar-refractivity contribution in [1.82, 2.24) is 9.97 Å². The average Bonchev–Trinajstić information content (AvgIpc) is 2.26. The van der Waals surface area contributed by atoms with Crippen molar-refractivity contribution in [3.63, 3.8) is 0 Å². The van der Waals surface area contributed by atoms with Gasteiger partial charge in [0, 0.05) is 0 Å². The Morgan fingerprint density at radius 1 is 1.35 bits per heavy atom. The van der Waals surface area contributed by atoms with Gasteiger partial charge in [-0.1, -0.05) is 6.92 Å². The molecule has 1 aromatic heterocycles. The SMILES string of the molecule is CCC(C)Oc1cc(OCC(C)(C)Cl)ncn1. The predicted octanol–water partition coefficient (Wildman–Crippen LogP) is 3.05. The zero-order valence-electron chi connectivity index (χ0n) is 10.7. The van der Waals surface area contributed by atoms with Crippen LogP contribution in [-0.4, -0.2) is 27.6 Å². The third kappa shape index (κ3) is 5.73. The number of ether oxygens (including phenoxy) is 2. The molecule has 1 aromatic rings. The summed E-state index contributed by atoms with van der Waals surface area (Å²) >= 11 is 6.03. The molecule has 0 amide bonds. The van der Waals surface area contributed by atoms with E-state index in [-0.39, 0.29) is 6.10 Å². The number of aromatic nitrogens is 2. The van der Waals surface area contributed by atoms with E-state index in [2.05, 4.69) is 16.9 Å². The lowest BCUT2D eigenvalue weighted by molar-refractivity contribution is 0.205. The monoisotopic (exact) mass is 258 g/mol. The third-order valence-corrected chi connectivity index (χ3v) is 2.19. The minimum absolute atomic E-state index is 0.127. The van der Waals surface area contributed by atoms with E-state index in [9.17, 15) is 0 Å². The van der Waals surface area contributed by atoms with E-state index in [1.54, 1.807) is 6.07 Å². The van der Waals surface area contributed by atoms with Gasteiger partial charge in [0.2, 0.25) is 11.8 Å². The first-order chi connectivity index (χ1) is 7.90. The summed E-state index contributed by atoms with van der Waals surface area (Å²) in [6.07, 6.45) is 2.48. The molecule has 0 N–H and O–H groups in total. The summed E-state index contributed by atoms with van der Waals surface area (Å²) in [7, 11) is 0. The van der Waals surface area contributed by atoms with Crippen LogP contribution in [0.2, 0.25) is 0 Å². The maximum atomic E-state index is 6.03. The molecule has 0 aliphatic rings. The van der Waals surface area contributed by atoms with Crippen molar-refractivity contribution in [2.24, 2.45) is 0 Å². The fourth-order valence-corrected chi connectivity index (χ4v) is 1.06. The van der Waals surface area contributed by atoms with Gasteiger partial charge in [-0.2, -0.15) is 0 Å². The Kier molecular flexibility index (Phi) is 5.00. The Balaban J connectivity index is 2.60. The van der Waals surface area contributed by atoms with Crippen LogP contribution in [0.25, 0.3) is 0 Å². The van der Waals surface area contributed by atoms with Gasteiger partial charge in [-0.25, -0.2) is 9.97 Å². The topological polar surface area (TPSA) is 44.2 Å². The fourth-order valence-electron chi connectivity index (χ4n) is 1.00. The highest BCUT2D eigenvalue weighted by Gasteiger charge is 2.15. The van der Waals surface area contributed by atoms with E-state index >= 15 is 0 Å². The molecule has 1 unspecified atom stereocenters. The van der Waals surface area contributed by atoms with Crippen LogP contribution in [0.15, 0.2) is 12.4 Å². The molecule has 0 saturated heterocycles. The highest BCUT2D eigenvalue weighted by Crippen LogP contribution is 2.18. The maximum Gasteiger partial charge on any atom is 0.220 e. The number of rotatable bonds is 6. The Bertz CT molecular complexity index is 353. The van der Waals surface area contributed by atoms with Crippen LogP contribution in [-0.2, 0) is 0 Å². The molecule has 0 saturated carbocycles. The summed E-state index contributed by atoms with van der Waals surface area (Å²) in [6, 6.07) is 1.68. The second-order valence-electron chi connectivity index (χ2n) is 4.54. The lowest BCUT2D eigenvalue weighted by atomic mass is 10.2. The van der Waals surface area contributed by atoms with E-state index in [0.717, 1.165) is 6.42 Å². The van der Waals surface area contributed by atoms with Gasteiger partial charge in [-0.15, -0.1) is 11.6 Å². The lowest BCUT2D eigenvalue weighted by Gasteiger charge is -2.16. The first-order valence-corrected chi connectivity index (χ1v) is 6.09. The average molecular weight is 259 g/mol. The number of hydrogen-bond acceptors (Lipinski definition) is 4. The van der Waals surface area contributed by atoms with Gasteiger partial charge < -0.3 is 9.47 Å². The Hall–Kier alpha value is -1.03. The quantitative estimate of drug-likeness (QED) is 0.736. The molecule has 0 aliphatic carbocycles. The van der Waals surface area contributed by atoms with Gasteiger partial charge >= 0.3 is 0 Å². The third-order valence-electron chi connectivity index (χ3n) is 2.08. The molecule has 1 atom stereocenters. The van der Waals surface area contributed by atoms with Crippen molar-refractivity contribution in [2.75, 3.05) is 6.61 Å². The van der Waals surface area contributed by atoms with Crippen molar-refractivity contribution < 1.29 is 9.47 Å². The molecule has 4 nitrogen and oxygen atoms in total. The Morgan fingerprint density at radius 3 is 2.59 bits per heavy atom. The highest BCUT2D eigenvalue weighted by atomic mass is 35.5. The zero-order valence-corrected chi connectivity index (χ0v) is 11.5. The van der Waals surface area contributed by atoms with Gasteiger partial charge in [0.1, 0.15) is 12.9 Å². The second kappa shape index (κ2) is 6.05. The number of nitrogens with zero attached hydrogens (tertiary/aromatic N) is 2. The van der Waals surface area contributed by atoms with Crippen LogP contribution in [0.1, 0.15) is 34.1 Å². The van der Waals surface area contributed by atoms with Crippen molar-refractivity contribution in [1.29, 1.82) is 0 Å². The molecule has 0 bridgehead atoms. The molecule has 0 aromatic carbocycles. The van der Waals surface area contributed by atoms with Crippen molar-refractivity contribution in [2.45, 2.75) is 45.1 Å². The number of hydrogen-bond donors (Lipinski definition) is 0. The minimum Gasteiger partial charge on any atom is -0.476 e. The summed E-state index contributed by atoms with van der Waals surface area (Å²) < 4.78 is 11.0. The predicted molar refractivity (Wildman–Crippen MR) is 67.8 cm³/mol. The first kappa shape index (κ1) is 14.0. The number of alkyl halides is 1. The molecule has 0 radical (unpaired) electrons. The smallest absolute Gasteiger partial charge is 0.220 e. The summed E-state index contributed by atoms with van der Waals surface area (Å²) in [6.45, 7) is 8.19. The van der Waals surface area contributed by atoms with Crippen molar-refractivity contribution >= 4 is 11.6 Å². The first-order valence-electron chi connectivity index (χ1n) is 5.71. The van der Waals surface area contributed by atoms with Crippen LogP contribution >= 0.6 is 11.6 Å². The lowest BCUT2D eigenvalue weighted by Crippen LogP contribution is -2.21. The van der Waals surface area contributed by atoms with E-state index in [4.69, 9.17) is 21.1 Å². The normalized spacial score (nSPS) is 13.2.